The Labute approximate surface area is 86.8 Å². The van der Waals surface area contributed by atoms with Gasteiger partial charge in [-0.25, -0.2) is 0 Å². The molecule has 0 aromatic heterocycles. The third-order valence-electron chi connectivity index (χ3n) is 2.28. The summed E-state index contributed by atoms with van der Waals surface area (Å²) < 4.78 is 0. The summed E-state index contributed by atoms with van der Waals surface area (Å²) >= 11 is 0. The van der Waals surface area contributed by atoms with Gasteiger partial charge in [0.15, 0.2) is 0 Å². The van der Waals surface area contributed by atoms with Gasteiger partial charge in [0.1, 0.15) is 0 Å². The number of hydrogen-bond acceptors (Lipinski definition) is 1. The van der Waals surface area contributed by atoms with Crippen LogP contribution in [0.2, 0.25) is 0 Å². The molecule has 0 aliphatic heterocycles. The highest BCUT2D eigenvalue weighted by atomic mass is 14.8. The number of likely N-dealkylation sites (N-methyl/N-ethyl adjacent to an activating group) is 1. The lowest BCUT2D eigenvalue weighted by atomic mass is 10.1. The molecule has 1 heteroatoms. The van der Waals surface area contributed by atoms with Crippen LogP contribution in [0.1, 0.15) is 18.1 Å². The average Bonchev–Trinajstić information content (AvgIpc) is 2.25. The zero-order valence-corrected chi connectivity index (χ0v) is 9.09. The van der Waals surface area contributed by atoms with Crippen molar-refractivity contribution in [3.8, 4) is 0 Å². The highest BCUT2D eigenvalue weighted by Gasteiger charge is 1.92. The molecule has 1 nitrogen and oxygen atoms in total. The van der Waals surface area contributed by atoms with Crippen molar-refractivity contribution in [3.05, 3.63) is 47.5 Å². The number of hydrogen-bond donors (Lipinski definition) is 1. The zero-order chi connectivity index (χ0) is 10.2. The van der Waals surface area contributed by atoms with Crippen LogP contribution in [0.3, 0.4) is 0 Å². The third-order valence-corrected chi connectivity index (χ3v) is 2.28. The van der Waals surface area contributed by atoms with Gasteiger partial charge in [-0.15, -0.1) is 0 Å². The van der Waals surface area contributed by atoms with Crippen molar-refractivity contribution in [1.82, 2.24) is 5.32 Å². The molecule has 0 spiro atoms. The number of rotatable bonds is 5. The second-order valence-electron chi connectivity index (χ2n) is 3.44. The topological polar surface area (TPSA) is 12.0 Å². The Morgan fingerprint density at radius 2 is 1.79 bits per heavy atom. The van der Waals surface area contributed by atoms with Crippen LogP contribution in [0.25, 0.3) is 0 Å². The van der Waals surface area contributed by atoms with Crippen LogP contribution >= 0.6 is 0 Å². The van der Waals surface area contributed by atoms with Crippen molar-refractivity contribution in [1.29, 1.82) is 0 Å². The third kappa shape index (κ3) is 3.75. The Hall–Kier alpha value is -1.08. The first-order valence-corrected chi connectivity index (χ1v) is 5.20. The van der Waals surface area contributed by atoms with Gasteiger partial charge in [-0.2, -0.15) is 0 Å². The molecule has 0 aliphatic rings. The van der Waals surface area contributed by atoms with E-state index in [1.807, 2.05) is 7.05 Å². The Morgan fingerprint density at radius 1 is 1.14 bits per heavy atom. The van der Waals surface area contributed by atoms with Crippen molar-refractivity contribution in [3.63, 3.8) is 0 Å². The molecule has 0 fully saturated rings. The summed E-state index contributed by atoms with van der Waals surface area (Å²) in [7, 11) is 1.99. The van der Waals surface area contributed by atoms with Gasteiger partial charge in [0, 0.05) is 0 Å². The zero-order valence-electron chi connectivity index (χ0n) is 9.09. The smallest absolute Gasteiger partial charge is 0.00114 e. The SMILES string of the molecule is CC=CCc1ccc(CCNC)cc1. The van der Waals surface area contributed by atoms with Gasteiger partial charge in [0.25, 0.3) is 0 Å². The summed E-state index contributed by atoms with van der Waals surface area (Å²) in [6.07, 6.45) is 6.43. The molecule has 0 radical (unpaired) electrons. The van der Waals surface area contributed by atoms with E-state index < -0.39 is 0 Å². The summed E-state index contributed by atoms with van der Waals surface area (Å²) in [5.41, 5.74) is 2.79. The van der Waals surface area contributed by atoms with Gasteiger partial charge in [-0.1, -0.05) is 36.4 Å². The second-order valence-corrected chi connectivity index (χ2v) is 3.44. The van der Waals surface area contributed by atoms with Crippen molar-refractivity contribution >= 4 is 0 Å². The normalized spacial score (nSPS) is 11.0. The van der Waals surface area contributed by atoms with Crippen LogP contribution in [0.15, 0.2) is 36.4 Å². The first-order valence-electron chi connectivity index (χ1n) is 5.20. The van der Waals surface area contributed by atoms with E-state index in [-0.39, 0.29) is 0 Å². The van der Waals surface area contributed by atoms with Crippen molar-refractivity contribution in [2.24, 2.45) is 0 Å². The van der Waals surface area contributed by atoms with Crippen molar-refractivity contribution in [2.45, 2.75) is 19.8 Å². The first-order chi connectivity index (χ1) is 6.86. The summed E-state index contributed by atoms with van der Waals surface area (Å²) in [6, 6.07) is 8.86. The van der Waals surface area contributed by atoms with Crippen LogP contribution < -0.4 is 5.32 Å². The molecular weight excluding hydrogens is 170 g/mol. The van der Waals surface area contributed by atoms with E-state index >= 15 is 0 Å². The fourth-order valence-corrected chi connectivity index (χ4v) is 1.37. The van der Waals surface area contributed by atoms with Gasteiger partial charge in [-0.3, -0.25) is 0 Å². The molecule has 0 unspecified atom stereocenters. The molecule has 0 saturated heterocycles. The Bertz CT molecular complexity index is 272. The summed E-state index contributed by atoms with van der Waals surface area (Å²) in [6.45, 7) is 3.11. The van der Waals surface area contributed by atoms with Crippen LogP contribution in [0, 0.1) is 0 Å². The maximum atomic E-state index is 3.15. The van der Waals surface area contributed by atoms with Crippen LogP contribution in [0.4, 0.5) is 0 Å². The minimum absolute atomic E-state index is 1.04. The Morgan fingerprint density at radius 3 is 2.36 bits per heavy atom. The van der Waals surface area contributed by atoms with Crippen LogP contribution in [-0.2, 0) is 12.8 Å². The number of nitrogens with one attached hydrogen (secondary N) is 1. The van der Waals surface area contributed by atoms with Gasteiger partial charge in [0.05, 0.1) is 0 Å². The van der Waals surface area contributed by atoms with Gasteiger partial charge in [0.2, 0.25) is 0 Å². The molecule has 0 saturated carbocycles. The van der Waals surface area contributed by atoms with Crippen molar-refractivity contribution < 1.29 is 0 Å². The molecule has 0 aliphatic carbocycles. The summed E-state index contributed by atoms with van der Waals surface area (Å²) in [5.74, 6) is 0. The maximum Gasteiger partial charge on any atom is -0.00114 e. The molecule has 76 valence electrons. The highest BCUT2D eigenvalue weighted by molar-refractivity contribution is 5.24. The number of allylic oxidation sites excluding steroid dienone is 2. The molecule has 1 aromatic carbocycles. The van der Waals surface area contributed by atoms with E-state index in [0.717, 1.165) is 19.4 Å². The quantitative estimate of drug-likeness (QED) is 0.702. The molecule has 14 heavy (non-hydrogen) atoms. The molecule has 0 bridgehead atoms. The minimum Gasteiger partial charge on any atom is -0.319 e. The maximum absolute atomic E-state index is 3.15. The van der Waals surface area contributed by atoms with Gasteiger partial charge < -0.3 is 5.32 Å². The highest BCUT2D eigenvalue weighted by Crippen LogP contribution is 2.06. The average molecular weight is 189 g/mol. The minimum atomic E-state index is 1.04. The lowest BCUT2D eigenvalue weighted by Gasteiger charge is -2.02. The lowest BCUT2D eigenvalue weighted by Crippen LogP contribution is -2.10. The van der Waals surface area contributed by atoms with Crippen LogP contribution in [0.5, 0.6) is 0 Å². The molecule has 0 heterocycles. The second kappa shape index (κ2) is 6.39. The first kappa shape index (κ1) is 11.0. The molecular formula is C13H19N. The van der Waals surface area contributed by atoms with E-state index in [4.69, 9.17) is 0 Å². The van der Waals surface area contributed by atoms with E-state index in [2.05, 4.69) is 48.7 Å². The van der Waals surface area contributed by atoms with E-state index in [1.54, 1.807) is 0 Å². The van der Waals surface area contributed by atoms with E-state index in [0.29, 0.717) is 0 Å². The number of benzene rings is 1. The standard InChI is InChI=1S/C13H19N/c1-3-4-5-12-6-8-13(9-7-12)10-11-14-2/h3-4,6-9,14H,5,10-11H2,1-2H3. The molecule has 0 amide bonds. The largest absolute Gasteiger partial charge is 0.319 e. The molecule has 1 aromatic rings. The van der Waals surface area contributed by atoms with E-state index in [1.165, 1.54) is 11.1 Å². The summed E-state index contributed by atoms with van der Waals surface area (Å²) in [4.78, 5) is 0. The fourth-order valence-electron chi connectivity index (χ4n) is 1.37. The summed E-state index contributed by atoms with van der Waals surface area (Å²) in [5, 5.41) is 3.15. The van der Waals surface area contributed by atoms with Gasteiger partial charge in [-0.05, 0) is 44.5 Å². The van der Waals surface area contributed by atoms with Crippen LogP contribution in [-0.4, -0.2) is 13.6 Å². The molecule has 1 rings (SSSR count). The van der Waals surface area contributed by atoms with E-state index in [9.17, 15) is 0 Å². The van der Waals surface area contributed by atoms with Gasteiger partial charge >= 0.3 is 0 Å². The Kier molecular flexibility index (Phi) is 5.02. The fraction of sp³-hybridized carbons (Fsp3) is 0.385. The molecule has 0 atom stereocenters. The predicted octanol–water partition coefficient (Wildman–Crippen LogP) is 2.57. The lowest BCUT2D eigenvalue weighted by molar-refractivity contribution is 0.791. The predicted molar refractivity (Wildman–Crippen MR) is 62.6 cm³/mol. The monoisotopic (exact) mass is 189 g/mol. The molecule has 1 N–H and O–H groups in total. The van der Waals surface area contributed by atoms with Crippen molar-refractivity contribution in [2.75, 3.05) is 13.6 Å². The Balaban J connectivity index is 2.50.